The first kappa shape index (κ1) is 24.2. The topological polar surface area (TPSA) is 59.9 Å². The number of nitrogens with one attached hydrogen (secondary N) is 1. The summed E-state index contributed by atoms with van der Waals surface area (Å²) < 4.78 is 12.6. The second-order valence-corrected chi connectivity index (χ2v) is 9.96. The smallest absolute Gasteiger partial charge is 0.264 e. The van der Waals surface area contributed by atoms with E-state index in [4.69, 9.17) is 9.47 Å². The van der Waals surface area contributed by atoms with Crippen LogP contribution >= 0.6 is 27.7 Å². The SMILES string of the molecule is CCOc1ccc(N=C2NC(=O)/C(=C\c3cc(Br)ccc3OCc3cccc4ccccc34)S2)cc1. The molecule has 0 aliphatic carbocycles. The maximum absolute atomic E-state index is 12.7. The van der Waals surface area contributed by atoms with Gasteiger partial charge in [-0.05, 0) is 83.6 Å². The van der Waals surface area contributed by atoms with Gasteiger partial charge in [0.1, 0.15) is 18.1 Å². The van der Waals surface area contributed by atoms with Gasteiger partial charge in [-0.1, -0.05) is 58.4 Å². The Balaban J connectivity index is 1.36. The fourth-order valence-electron chi connectivity index (χ4n) is 3.86. The van der Waals surface area contributed by atoms with E-state index in [1.54, 1.807) is 0 Å². The molecular formula is C29H23BrN2O3S. The average Bonchev–Trinajstić information content (AvgIpc) is 3.23. The number of aliphatic imine (C=N–C) groups is 1. The van der Waals surface area contributed by atoms with Gasteiger partial charge in [-0.15, -0.1) is 0 Å². The molecule has 0 bridgehead atoms. The van der Waals surface area contributed by atoms with Crippen LogP contribution in [-0.4, -0.2) is 17.7 Å². The minimum atomic E-state index is -0.190. The lowest BCUT2D eigenvalue weighted by atomic mass is 10.1. The molecule has 1 N–H and O–H groups in total. The summed E-state index contributed by atoms with van der Waals surface area (Å²) in [6, 6.07) is 27.7. The van der Waals surface area contributed by atoms with Crippen molar-refractivity contribution < 1.29 is 14.3 Å². The molecule has 4 aromatic carbocycles. The summed E-state index contributed by atoms with van der Waals surface area (Å²) in [5, 5.41) is 5.72. The van der Waals surface area contributed by atoms with E-state index >= 15 is 0 Å². The van der Waals surface area contributed by atoms with Crippen molar-refractivity contribution in [2.24, 2.45) is 4.99 Å². The number of carbonyl (C=O) groups is 1. The molecule has 0 atom stereocenters. The zero-order chi connectivity index (χ0) is 24.9. The van der Waals surface area contributed by atoms with Crippen LogP contribution in [-0.2, 0) is 11.4 Å². The monoisotopic (exact) mass is 558 g/mol. The van der Waals surface area contributed by atoms with E-state index in [1.807, 2.05) is 73.7 Å². The minimum Gasteiger partial charge on any atom is -0.494 e. The highest BCUT2D eigenvalue weighted by Gasteiger charge is 2.24. The highest BCUT2D eigenvalue weighted by atomic mass is 79.9. The van der Waals surface area contributed by atoms with Crippen molar-refractivity contribution in [1.82, 2.24) is 5.32 Å². The van der Waals surface area contributed by atoms with Crippen molar-refractivity contribution >= 4 is 61.3 Å². The number of fused-ring (bicyclic) bond motifs is 1. The van der Waals surface area contributed by atoms with E-state index in [1.165, 1.54) is 17.1 Å². The number of nitrogens with zero attached hydrogens (tertiary/aromatic N) is 1. The Labute approximate surface area is 222 Å². The highest BCUT2D eigenvalue weighted by molar-refractivity contribution is 9.10. The first-order chi connectivity index (χ1) is 17.6. The van der Waals surface area contributed by atoms with E-state index in [9.17, 15) is 4.79 Å². The largest absolute Gasteiger partial charge is 0.494 e. The van der Waals surface area contributed by atoms with Gasteiger partial charge in [-0.3, -0.25) is 4.79 Å². The van der Waals surface area contributed by atoms with Gasteiger partial charge in [0.25, 0.3) is 5.91 Å². The second kappa shape index (κ2) is 11.0. The molecule has 5 rings (SSSR count). The minimum absolute atomic E-state index is 0.190. The summed E-state index contributed by atoms with van der Waals surface area (Å²) in [4.78, 5) is 17.8. The van der Waals surface area contributed by atoms with E-state index in [0.717, 1.165) is 32.4 Å². The van der Waals surface area contributed by atoms with Crippen LogP contribution in [0.4, 0.5) is 5.69 Å². The number of halogens is 1. The second-order valence-electron chi connectivity index (χ2n) is 8.02. The maximum Gasteiger partial charge on any atom is 0.264 e. The molecule has 1 saturated heterocycles. The van der Waals surface area contributed by atoms with E-state index < -0.39 is 0 Å². The van der Waals surface area contributed by atoms with E-state index in [0.29, 0.717) is 29.0 Å². The standard InChI is InChI=1S/C29H23BrN2O3S/c1-2-34-24-13-11-23(12-14-24)31-29-32-28(33)27(36-29)17-21-16-22(30)10-15-26(21)35-18-20-8-5-7-19-6-3-4-9-25(19)20/h3-17H,2,18H2,1H3,(H,31,32,33)/b27-17+. The van der Waals surface area contributed by atoms with Gasteiger partial charge in [0.15, 0.2) is 5.17 Å². The van der Waals surface area contributed by atoms with E-state index in [-0.39, 0.29) is 5.91 Å². The van der Waals surface area contributed by atoms with Crippen LogP contribution in [0, 0.1) is 0 Å². The zero-order valence-corrected chi connectivity index (χ0v) is 21.9. The number of amides is 1. The summed E-state index contributed by atoms with van der Waals surface area (Å²) in [5.74, 6) is 1.30. The maximum atomic E-state index is 12.7. The van der Waals surface area contributed by atoms with Gasteiger partial charge in [0.2, 0.25) is 0 Å². The summed E-state index contributed by atoms with van der Waals surface area (Å²) in [6.07, 6.45) is 1.84. The molecule has 0 spiro atoms. The van der Waals surface area contributed by atoms with Crippen LogP contribution in [0.2, 0.25) is 0 Å². The van der Waals surface area contributed by atoms with Gasteiger partial charge in [-0.25, -0.2) is 4.99 Å². The third-order valence-corrected chi connectivity index (χ3v) is 6.95. The van der Waals surface area contributed by atoms with E-state index in [2.05, 4.69) is 50.5 Å². The van der Waals surface area contributed by atoms with Crippen LogP contribution in [0.1, 0.15) is 18.1 Å². The molecule has 5 nitrogen and oxygen atoms in total. The summed E-state index contributed by atoms with van der Waals surface area (Å²) >= 11 is 4.84. The van der Waals surface area contributed by atoms with Crippen molar-refractivity contribution in [2.75, 3.05) is 6.61 Å². The summed E-state index contributed by atoms with van der Waals surface area (Å²) in [5.41, 5.74) is 2.65. The van der Waals surface area contributed by atoms with Crippen LogP contribution in [0.5, 0.6) is 11.5 Å². The number of amidine groups is 1. The highest BCUT2D eigenvalue weighted by Crippen LogP contribution is 2.33. The number of rotatable bonds is 7. The molecule has 4 aromatic rings. The zero-order valence-electron chi connectivity index (χ0n) is 19.5. The third-order valence-electron chi connectivity index (χ3n) is 5.55. The van der Waals surface area contributed by atoms with Crippen LogP contribution < -0.4 is 14.8 Å². The lowest BCUT2D eigenvalue weighted by Crippen LogP contribution is -2.19. The molecule has 1 aliphatic rings. The molecular weight excluding hydrogens is 536 g/mol. The lowest BCUT2D eigenvalue weighted by molar-refractivity contribution is -0.115. The van der Waals surface area contributed by atoms with Crippen LogP contribution in [0.3, 0.4) is 0 Å². The Morgan fingerprint density at radius 3 is 2.61 bits per heavy atom. The van der Waals surface area contributed by atoms with Crippen LogP contribution in [0.25, 0.3) is 16.8 Å². The molecule has 1 fully saturated rings. The van der Waals surface area contributed by atoms with Crippen molar-refractivity contribution in [2.45, 2.75) is 13.5 Å². The van der Waals surface area contributed by atoms with Gasteiger partial charge in [0.05, 0.1) is 17.2 Å². The van der Waals surface area contributed by atoms with Crippen molar-refractivity contribution in [3.8, 4) is 11.5 Å². The molecule has 180 valence electrons. The molecule has 1 amide bonds. The Morgan fingerprint density at radius 2 is 1.78 bits per heavy atom. The molecule has 1 aliphatic heterocycles. The molecule has 7 heteroatoms. The number of carbonyl (C=O) groups excluding carboxylic acids is 1. The number of benzene rings is 4. The van der Waals surface area contributed by atoms with Crippen molar-refractivity contribution in [3.05, 3.63) is 105 Å². The molecule has 0 unspecified atom stereocenters. The molecule has 1 heterocycles. The third kappa shape index (κ3) is 5.64. The van der Waals surface area contributed by atoms with Gasteiger partial charge in [0, 0.05) is 10.0 Å². The average molecular weight is 559 g/mol. The Hall–Kier alpha value is -3.55. The Kier molecular flexibility index (Phi) is 7.39. The number of ether oxygens (including phenoxy) is 2. The van der Waals surface area contributed by atoms with Crippen molar-refractivity contribution in [3.63, 3.8) is 0 Å². The first-order valence-corrected chi connectivity index (χ1v) is 13.1. The molecule has 0 radical (unpaired) electrons. The number of hydrogen-bond acceptors (Lipinski definition) is 5. The quantitative estimate of drug-likeness (QED) is 0.239. The predicted octanol–water partition coefficient (Wildman–Crippen LogP) is 7.47. The Morgan fingerprint density at radius 1 is 0.972 bits per heavy atom. The van der Waals surface area contributed by atoms with Gasteiger partial charge < -0.3 is 14.8 Å². The van der Waals surface area contributed by atoms with Gasteiger partial charge in [-0.2, -0.15) is 0 Å². The lowest BCUT2D eigenvalue weighted by Gasteiger charge is -2.12. The predicted molar refractivity (Wildman–Crippen MR) is 151 cm³/mol. The fraction of sp³-hybridized carbons (Fsp3) is 0.103. The molecule has 0 aromatic heterocycles. The normalized spacial score (nSPS) is 15.4. The van der Waals surface area contributed by atoms with Crippen molar-refractivity contribution in [1.29, 1.82) is 0 Å². The first-order valence-electron chi connectivity index (χ1n) is 11.5. The Bertz CT molecular complexity index is 1480. The van der Waals surface area contributed by atoms with Crippen LogP contribution in [0.15, 0.2) is 99.3 Å². The number of hydrogen-bond donors (Lipinski definition) is 1. The summed E-state index contributed by atoms with van der Waals surface area (Å²) in [7, 11) is 0. The number of thioether (sulfide) groups is 1. The van der Waals surface area contributed by atoms with Gasteiger partial charge >= 0.3 is 0 Å². The molecule has 0 saturated carbocycles. The summed E-state index contributed by atoms with van der Waals surface area (Å²) in [6.45, 7) is 2.97. The molecule has 36 heavy (non-hydrogen) atoms. The fourth-order valence-corrected chi connectivity index (χ4v) is 5.07.